The molecule has 2 rings (SSSR count). The molecule has 0 radical (unpaired) electrons. The van der Waals surface area contributed by atoms with Crippen molar-refractivity contribution in [2.45, 2.75) is 0 Å². The second-order valence-electron chi connectivity index (χ2n) is 3.76. The maximum atomic E-state index is 13.7. The largest absolute Gasteiger partial charge is 0.396 e. The lowest BCUT2D eigenvalue weighted by molar-refractivity contribution is 0.101. The summed E-state index contributed by atoms with van der Waals surface area (Å²) in [6, 6.07) is 8.95. The van der Waals surface area contributed by atoms with Crippen molar-refractivity contribution >= 4 is 39.9 Å². The normalized spacial score (nSPS) is 10.3. The highest BCUT2D eigenvalue weighted by Gasteiger charge is 2.20. The van der Waals surface area contributed by atoms with Gasteiger partial charge in [0.15, 0.2) is 5.82 Å². The van der Waals surface area contributed by atoms with E-state index in [-0.39, 0.29) is 5.69 Å². The Morgan fingerprint density at radius 3 is 2.53 bits per heavy atom. The van der Waals surface area contributed by atoms with Crippen LogP contribution in [0.2, 0.25) is 0 Å². The summed E-state index contributed by atoms with van der Waals surface area (Å²) in [6.07, 6.45) is 0. The van der Waals surface area contributed by atoms with Crippen LogP contribution in [0, 0.1) is 15.2 Å². The third kappa shape index (κ3) is 2.83. The summed E-state index contributed by atoms with van der Waals surface area (Å²) in [6.45, 7) is 0. The van der Waals surface area contributed by atoms with Crippen molar-refractivity contribution in [2.75, 3.05) is 11.1 Å². The number of nitrogens with two attached hydrogens (primary N) is 1. The summed E-state index contributed by atoms with van der Waals surface area (Å²) >= 11 is 2.01. The van der Waals surface area contributed by atoms with Gasteiger partial charge in [0.1, 0.15) is 11.4 Å². The van der Waals surface area contributed by atoms with Crippen LogP contribution in [-0.2, 0) is 0 Å². The van der Waals surface area contributed by atoms with Crippen molar-refractivity contribution in [2.24, 2.45) is 0 Å². The predicted molar refractivity (Wildman–Crippen MR) is 77.9 cm³/mol. The molecule has 0 aliphatic carbocycles. The summed E-state index contributed by atoms with van der Waals surface area (Å²) in [4.78, 5) is 11.9. The van der Waals surface area contributed by atoms with E-state index in [4.69, 9.17) is 5.73 Å². The van der Waals surface area contributed by atoms with Gasteiger partial charge in [0.05, 0.1) is 11.4 Å². The molecule has 0 spiro atoms. The van der Waals surface area contributed by atoms with Crippen LogP contribution in [0.4, 0.5) is 20.2 Å². The molecule has 0 heterocycles. The van der Waals surface area contributed by atoms with Crippen LogP contribution < -0.4 is 11.1 Å². The zero-order chi connectivity index (χ0) is 14.0. The van der Waals surface area contributed by atoms with Gasteiger partial charge in [0.2, 0.25) is 0 Å². The molecule has 3 nitrogen and oxygen atoms in total. The third-order valence-electron chi connectivity index (χ3n) is 2.47. The first kappa shape index (κ1) is 13.7. The van der Waals surface area contributed by atoms with E-state index in [1.54, 1.807) is 24.3 Å². The summed E-state index contributed by atoms with van der Waals surface area (Å²) in [5.41, 5.74) is 4.86. The van der Waals surface area contributed by atoms with Crippen LogP contribution in [0.25, 0.3) is 0 Å². The van der Waals surface area contributed by atoms with Crippen LogP contribution in [-0.4, -0.2) is 5.91 Å². The molecular formula is C13H9F2IN2O. The zero-order valence-electron chi connectivity index (χ0n) is 9.58. The summed E-state index contributed by atoms with van der Waals surface area (Å²) in [5.74, 6) is -2.87. The van der Waals surface area contributed by atoms with Crippen molar-refractivity contribution < 1.29 is 13.6 Å². The summed E-state index contributed by atoms with van der Waals surface area (Å²) < 4.78 is 28.0. The number of nitrogens with one attached hydrogen (secondary N) is 1. The number of hydrogen-bond donors (Lipinski definition) is 2. The van der Waals surface area contributed by atoms with E-state index in [2.05, 4.69) is 5.32 Å². The van der Waals surface area contributed by atoms with Gasteiger partial charge in [-0.25, -0.2) is 8.78 Å². The third-order valence-corrected chi connectivity index (χ3v) is 3.41. The number of amides is 1. The highest BCUT2D eigenvalue weighted by molar-refractivity contribution is 14.1. The van der Waals surface area contributed by atoms with Crippen molar-refractivity contribution in [3.63, 3.8) is 0 Å². The minimum Gasteiger partial charge on any atom is -0.396 e. The van der Waals surface area contributed by atoms with Gasteiger partial charge in [-0.05, 0) is 46.9 Å². The van der Waals surface area contributed by atoms with E-state index in [0.29, 0.717) is 5.69 Å². The minimum atomic E-state index is -1.05. The molecule has 3 N–H and O–H groups in total. The Hall–Kier alpha value is -1.70. The smallest absolute Gasteiger partial charge is 0.261 e. The number of anilines is 2. The van der Waals surface area contributed by atoms with Crippen LogP contribution in [0.5, 0.6) is 0 Å². The molecule has 0 aromatic heterocycles. The molecule has 19 heavy (non-hydrogen) atoms. The van der Waals surface area contributed by atoms with E-state index in [0.717, 1.165) is 15.7 Å². The Morgan fingerprint density at radius 2 is 1.84 bits per heavy atom. The number of carbonyl (C=O) groups is 1. The molecule has 1 amide bonds. The monoisotopic (exact) mass is 374 g/mol. The maximum Gasteiger partial charge on any atom is 0.261 e. The average Bonchev–Trinajstić information content (AvgIpc) is 2.37. The molecule has 0 saturated heterocycles. The molecule has 2 aromatic carbocycles. The Morgan fingerprint density at radius 1 is 1.16 bits per heavy atom. The summed E-state index contributed by atoms with van der Waals surface area (Å²) in [7, 11) is 0. The molecule has 98 valence electrons. The fourth-order valence-corrected chi connectivity index (χ4v) is 2.05. The maximum absolute atomic E-state index is 13.7. The van der Waals surface area contributed by atoms with Crippen molar-refractivity contribution in [1.82, 2.24) is 0 Å². The van der Waals surface area contributed by atoms with Crippen molar-refractivity contribution in [1.29, 1.82) is 0 Å². The van der Waals surface area contributed by atoms with Crippen LogP contribution >= 0.6 is 22.6 Å². The summed E-state index contributed by atoms with van der Waals surface area (Å²) in [5, 5.41) is 2.45. The Bertz CT molecular complexity index is 647. The number of halogens is 3. The molecule has 0 atom stereocenters. The first-order chi connectivity index (χ1) is 9.00. The average molecular weight is 374 g/mol. The molecule has 0 saturated carbocycles. The van der Waals surface area contributed by atoms with Gasteiger partial charge < -0.3 is 11.1 Å². The van der Waals surface area contributed by atoms with Gasteiger partial charge in [-0.15, -0.1) is 0 Å². The van der Waals surface area contributed by atoms with Crippen LogP contribution in [0.3, 0.4) is 0 Å². The van der Waals surface area contributed by atoms with Gasteiger partial charge in [0, 0.05) is 3.57 Å². The highest BCUT2D eigenvalue weighted by Crippen LogP contribution is 2.22. The molecule has 0 aliphatic heterocycles. The molecule has 0 unspecified atom stereocenters. The lowest BCUT2D eigenvalue weighted by Crippen LogP contribution is -2.17. The van der Waals surface area contributed by atoms with E-state index < -0.39 is 23.1 Å². The van der Waals surface area contributed by atoms with Crippen molar-refractivity contribution in [3.8, 4) is 0 Å². The lowest BCUT2D eigenvalue weighted by Gasteiger charge is -2.09. The molecular weight excluding hydrogens is 365 g/mol. The number of carbonyl (C=O) groups excluding carboxylic acids is 1. The van der Waals surface area contributed by atoms with Gasteiger partial charge in [-0.1, -0.05) is 12.1 Å². The standard InChI is InChI=1S/C13H9F2IN2O/c14-7-5-6-9(17)12(15)11(7)13(19)18-10-4-2-1-3-8(10)16/h1-6H,17H2,(H,18,19). The van der Waals surface area contributed by atoms with Gasteiger partial charge in [0.25, 0.3) is 5.91 Å². The Balaban J connectivity index is 2.36. The van der Waals surface area contributed by atoms with Gasteiger partial charge in [-0.2, -0.15) is 0 Å². The Kier molecular flexibility index (Phi) is 3.98. The van der Waals surface area contributed by atoms with Crippen LogP contribution in [0.15, 0.2) is 36.4 Å². The number of rotatable bonds is 2. The second kappa shape index (κ2) is 5.52. The topological polar surface area (TPSA) is 55.1 Å². The van der Waals surface area contributed by atoms with Crippen molar-refractivity contribution in [3.05, 3.63) is 57.2 Å². The van der Waals surface area contributed by atoms with E-state index >= 15 is 0 Å². The van der Waals surface area contributed by atoms with Gasteiger partial charge >= 0.3 is 0 Å². The number of hydrogen-bond acceptors (Lipinski definition) is 2. The van der Waals surface area contributed by atoms with Crippen LogP contribution in [0.1, 0.15) is 10.4 Å². The quantitative estimate of drug-likeness (QED) is 0.626. The first-order valence-electron chi connectivity index (χ1n) is 5.30. The molecule has 6 heteroatoms. The Labute approximate surface area is 121 Å². The SMILES string of the molecule is Nc1ccc(F)c(C(=O)Nc2ccccc2I)c1F. The van der Waals surface area contributed by atoms with Gasteiger partial charge in [-0.3, -0.25) is 4.79 Å². The van der Waals surface area contributed by atoms with E-state index in [1.165, 1.54) is 0 Å². The molecule has 0 aliphatic rings. The lowest BCUT2D eigenvalue weighted by atomic mass is 10.1. The van der Waals surface area contributed by atoms with E-state index in [9.17, 15) is 13.6 Å². The number of benzene rings is 2. The zero-order valence-corrected chi connectivity index (χ0v) is 11.7. The minimum absolute atomic E-state index is 0.269. The van der Waals surface area contributed by atoms with E-state index in [1.807, 2.05) is 22.6 Å². The highest BCUT2D eigenvalue weighted by atomic mass is 127. The second-order valence-corrected chi connectivity index (χ2v) is 4.92. The molecule has 0 fully saturated rings. The number of para-hydroxylation sites is 1. The fourth-order valence-electron chi connectivity index (χ4n) is 1.52. The molecule has 0 bridgehead atoms. The first-order valence-corrected chi connectivity index (χ1v) is 6.38. The fraction of sp³-hybridized carbons (Fsp3) is 0. The number of nitrogen functional groups attached to an aromatic ring is 1. The predicted octanol–water partition coefficient (Wildman–Crippen LogP) is 3.40. The molecule has 2 aromatic rings.